The van der Waals surface area contributed by atoms with Crippen molar-refractivity contribution < 1.29 is 9.59 Å². The summed E-state index contributed by atoms with van der Waals surface area (Å²) >= 11 is 0. The van der Waals surface area contributed by atoms with Gasteiger partial charge >= 0.3 is 0 Å². The highest BCUT2D eigenvalue weighted by atomic mass is 35.5. The van der Waals surface area contributed by atoms with Crippen LogP contribution in [0.5, 0.6) is 0 Å². The third-order valence-electron chi connectivity index (χ3n) is 4.24. The number of aromatic amines is 1. The predicted octanol–water partition coefficient (Wildman–Crippen LogP) is 1.06. The van der Waals surface area contributed by atoms with Crippen LogP contribution in [0.25, 0.3) is 0 Å². The SMILES string of the molecule is CC(C)[C@H](N)C(=O)NCC(=O)N1CCC(c2cnc[nH]2)CC1.Cl.Cl. The fourth-order valence-electron chi connectivity index (χ4n) is 2.62. The monoisotopic (exact) mass is 379 g/mol. The number of likely N-dealkylation sites (tertiary alicyclic amines) is 1. The van der Waals surface area contributed by atoms with Crippen LogP contribution in [0.1, 0.15) is 38.3 Å². The van der Waals surface area contributed by atoms with Crippen molar-refractivity contribution in [2.45, 2.75) is 38.6 Å². The third-order valence-corrected chi connectivity index (χ3v) is 4.24. The molecule has 1 saturated heterocycles. The lowest BCUT2D eigenvalue weighted by atomic mass is 9.94. The van der Waals surface area contributed by atoms with Gasteiger partial charge < -0.3 is 20.9 Å². The Kier molecular flexibility index (Phi) is 9.96. The summed E-state index contributed by atoms with van der Waals surface area (Å²) in [6, 6.07) is -0.570. The van der Waals surface area contributed by atoms with Gasteiger partial charge in [-0.25, -0.2) is 4.98 Å². The van der Waals surface area contributed by atoms with Crippen molar-refractivity contribution in [1.82, 2.24) is 20.2 Å². The summed E-state index contributed by atoms with van der Waals surface area (Å²) in [7, 11) is 0. The van der Waals surface area contributed by atoms with Gasteiger partial charge in [0, 0.05) is 30.9 Å². The molecule has 2 rings (SSSR count). The van der Waals surface area contributed by atoms with E-state index in [9.17, 15) is 9.59 Å². The highest BCUT2D eigenvalue weighted by Crippen LogP contribution is 2.25. The second-order valence-electron chi connectivity index (χ2n) is 6.15. The molecule has 0 aromatic carbocycles. The molecule has 0 spiro atoms. The average Bonchev–Trinajstić information content (AvgIpc) is 3.06. The molecule has 0 radical (unpaired) electrons. The van der Waals surface area contributed by atoms with Crippen LogP contribution in [0.2, 0.25) is 0 Å². The summed E-state index contributed by atoms with van der Waals surface area (Å²) in [5.41, 5.74) is 6.88. The van der Waals surface area contributed by atoms with Crippen molar-refractivity contribution in [2.24, 2.45) is 11.7 Å². The molecule has 4 N–H and O–H groups in total. The molecule has 9 heteroatoms. The number of hydrogen-bond acceptors (Lipinski definition) is 4. The average molecular weight is 380 g/mol. The van der Waals surface area contributed by atoms with Gasteiger partial charge in [-0.1, -0.05) is 13.8 Å². The zero-order valence-electron chi connectivity index (χ0n) is 14.0. The van der Waals surface area contributed by atoms with Crippen LogP contribution in [0.3, 0.4) is 0 Å². The minimum atomic E-state index is -0.570. The maximum absolute atomic E-state index is 12.1. The minimum absolute atomic E-state index is 0. The summed E-state index contributed by atoms with van der Waals surface area (Å²) in [5, 5.41) is 2.63. The number of imidazole rings is 1. The molecule has 1 aliphatic heterocycles. The quantitative estimate of drug-likeness (QED) is 0.711. The lowest BCUT2D eigenvalue weighted by Crippen LogP contribution is -2.49. The standard InChI is InChI=1S/C15H25N5O2.2ClH/c1-10(2)14(16)15(22)18-8-13(21)20-5-3-11(4-6-20)12-7-17-9-19-12;;/h7,9-11,14H,3-6,8,16H2,1-2H3,(H,17,19)(H,18,22);2*1H/t14-;;/m0../s1. The van der Waals surface area contributed by atoms with E-state index in [0.29, 0.717) is 19.0 Å². The van der Waals surface area contributed by atoms with E-state index in [1.165, 1.54) is 0 Å². The predicted molar refractivity (Wildman–Crippen MR) is 97.5 cm³/mol. The normalized spacial score (nSPS) is 16.1. The highest BCUT2D eigenvalue weighted by molar-refractivity contribution is 5.87. The van der Waals surface area contributed by atoms with Crippen molar-refractivity contribution in [3.8, 4) is 0 Å². The maximum atomic E-state index is 12.1. The van der Waals surface area contributed by atoms with Crippen LogP contribution in [-0.4, -0.2) is 52.4 Å². The Morgan fingerprint density at radius 2 is 2.00 bits per heavy atom. The topological polar surface area (TPSA) is 104 Å². The molecule has 1 atom stereocenters. The molecule has 0 bridgehead atoms. The number of nitrogens with one attached hydrogen (secondary N) is 2. The van der Waals surface area contributed by atoms with E-state index < -0.39 is 6.04 Å². The number of nitrogens with zero attached hydrogens (tertiary/aromatic N) is 2. The van der Waals surface area contributed by atoms with Crippen molar-refractivity contribution >= 4 is 36.6 Å². The zero-order valence-corrected chi connectivity index (χ0v) is 15.7. The fraction of sp³-hybridized carbons (Fsp3) is 0.667. The molecule has 0 aliphatic carbocycles. The number of H-pyrrole nitrogens is 1. The maximum Gasteiger partial charge on any atom is 0.241 e. The van der Waals surface area contributed by atoms with E-state index in [-0.39, 0.29) is 49.1 Å². The van der Waals surface area contributed by atoms with Crippen LogP contribution in [0, 0.1) is 5.92 Å². The van der Waals surface area contributed by atoms with Gasteiger partial charge in [0.2, 0.25) is 11.8 Å². The summed E-state index contributed by atoms with van der Waals surface area (Å²) in [4.78, 5) is 32.9. The molecule has 0 saturated carbocycles. The second-order valence-corrected chi connectivity index (χ2v) is 6.15. The summed E-state index contributed by atoms with van der Waals surface area (Å²) in [6.45, 7) is 5.19. The summed E-state index contributed by atoms with van der Waals surface area (Å²) < 4.78 is 0. The van der Waals surface area contributed by atoms with Gasteiger partial charge in [-0.2, -0.15) is 0 Å². The number of rotatable bonds is 5. The number of amides is 2. The highest BCUT2D eigenvalue weighted by Gasteiger charge is 2.25. The van der Waals surface area contributed by atoms with E-state index in [0.717, 1.165) is 18.5 Å². The summed E-state index contributed by atoms with van der Waals surface area (Å²) in [5.74, 6) is 0.166. The van der Waals surface area contributed by atoms with Crippen LogP contribution in [0.4, 0.5) is 0 Å². The molecule has 1 fully saturated rings. The lowest BCUT2D eigenvalue weighted by molar-refractivity contribution is -0.134. The molecule has 1 aliphatic rings. The first kappa shape index (κ1) is 22.7. The Labute approximate surface area is 155 Å². The Balaban J connectivity index is 0.00000264. The first-order valence-electron chi connectivity index (χ1n) is 7.78. The van der Waals surface area contributed by atoms with Crippen molar-refractivity contribution in [2.75, 3.05) is 19.6 Å². The fourth-order valence-corrected chi connectivity index (χ4v) is 2.62. The Hall–Kier alpha value is -1.31. The number of hydrogen-bond donors (Lipinski definition) is 3. The van der Waals surface area contributed by atoms with Gasteiger partial charge in [0.05, 0.1) is 18.9 Å². The number of piperidine rings is 1. The van der Waals surface area contributed by atoms with Crippen molar-refractivity contribution in [3.05, 3.63) is 18.2 Å². The van der Waals surface area contributed by atoms with Crippen LogP contribution in [0.15, 0.2) is 12.5 Å². The first-order chi connectivity index (χ1) is 10.5. The molecule has 7 nitrogen and oxygen atoms in total. The van der Waals surface area contributed by atoms with E-state index in [4.69, 9.17) is 5.73 Å². The van der Waals surface area contributed by atoms with Crippen LogP contribution >= 0.6 is 24.8 Å². The van der Waals surface area contributed by atoms with Crippen molar-refractivity contribution in [1.29, 1.82) is 0 Å². The third kappa shape index (κ3) is 5.96. The molecule has 138 valence electrons. The number of nitrogens with two attached hydrogens (primary N) is 1. The minimum Gasteiger partial charge on any atom is -0.348 e. The van der Waals surface area contributed by atoms with E-state index in [1.807, 2.05) is 20.0 Å². The van der Waals surface area contributed by atoms with E-state index in [2.05, 4.69) is 15.3 Å². The number of aromatic nitrogens is 2. The number of halogens is 2. The smallest absolute Gasteiger partial charge is 0.241 e. The van der Waals surface area contributed by atoms with Crippen LogP contribution < -0.4 is 11.1 Å². The van der Waals surface area contributed by atoms with Gasteiger partial charge in [0.15, 0.2) is 0 Å². The first-order valence-corrected chi connectivity index (χ1v) is 7.78. The molecule has 1 aromatic heterocycles. The lowest BCUT2D eigenvalue weighted by Gasteiger charge is -2.31. The Morgan fingerprint density at radius 1 is 1.38 bits per heavy atom. The largest absolute Gasteiger partial charge is 0.348 e. The Bertz CT molecular complexity index is 502. The molecule has 2 heterocycles. The molecular formula is C15H27Cl2N5O2. The molecule has 0 unspecified atom stereocenters. The van der Waals surface area contributed by atoms with Gasteiger partial charge in [0.1, 0.15) is 0 Å². The molecule has 24 heavy (non-hydrogen) atoms. The van der Waals surface area contributed by atoms with Gasteiger partial charge in [-0.3, -0.25) is 9.59 Å². The second kappa shape index (κ2) is 10.5. The number of carbonyl (C=O) groups is 2. The van der Waals surface area contributed by atoms with Gasteiger partial charge in [-0.15, -0.1) is 24.8 Å². The van der Waals surface area contributed by atoms with Crippen molar-refractivity contribution in [3.63, 3.8) is 0 Å². The molecular weight excluding hydrogens is 353 g/mol. The Morgan fingerprint density at radius 3 is 2.50 bits per heavy atom. The molecule has 2 amide bonds. The van der Waals surface area contributed by atoms with Gasteiger partial charge in [0.25, 0.3) is 0 Å². The van der Waals surface area contributed by atoms with Gasteiger partial charge in [-0.05, 0) is 18.8 Å². The zero-order chi connectivity index (χ0) is 16.1. The summed E-state index contributed by atoms with van der Waals surface area (Å²) in [6.07, 6.45) is 5.34. The van der Waals surface area contributed by atoms with E-state index >= 15 is 0 Å². The van der Waals surface area contributed by atoms with E-state index in [1.54, 1.807) is 11.2 Å². The van der Waals surface area contributed by atoms with Crippen LogP contribution in [-0.2, 0) is 9.59 Å². The number of carbonyl (C=O) groups excluding carboxylic acids is 2. The molecule has 1 aromatic rings.